The van der Waals surface area contributed by atoms with Gasteiger partial charge in [0, 0.05) is 55.9 Å². The van der Waals surface area contributed by atoms with Gasteiger partial charge in [-0.2, -0.15) is 0 Å². The minimum Gasteiger partial charge on any atom is -0.369 e. The van der Waals surface area contributed by atoms with Gasteiger partial charge in [0.15, 0.2) is 0 Å². The van der Waals surface area contributed by atoms with E-state index in [1.54, 1.807) is 13.1 Å². The van der Waals surface area contributed by atoms with Crippen LogP contribution >= 0.6 is 0 Å². The molecule has 0 bridgehead atoms. The van der Waals surface area contributed by atoms with Gasteiger partial charge in [0.25, 0.3) is 5.91 Å². The molecule has 0 radical (unpaired) electrons. The van der Waals surface area contributed by atoms with Crippen LogP contribution in [0.5, 0.6) is 0 Å². The number of anilines is 3. The molecule has 2 N–H and O–H groups in total. The third-order valence-corrected chi connectivity index (χ3v) is 6.16. The summed E-state index contributed by atoms with van der Waals surface area (Å²) in [5, 5.41) is 6.21. The molecule has 6 heteroatoms. The second kappa shape index (κ2) is 7.86. The van der Waals surface area contributed by atoms with E-state index in [-0.39, 0.29) is 17.9 Å². The predicted molar refractivity (Wildman–Crippen MR) is 122 cm³/mol. The molecule has 30 heavy (non-hydrogen) atoms. The zero-order chi connectivity index (χ0) is 21.4. The fourth-order valence-electron chi connectivity index (χ4n) is 4.36. The average molecular weight is 405 g/mol. The van der Waals surface area contributed by atoms with E-state index in [9.17, 15) is 9.59 Å². The number of fused-ring (bicyclic) bond motifs is 1. The smallest absolute Gasteiger partial charge is 0.257 e. The number of carbonyl (C=O) groups excluding carboxylic acids is 2. The number of hydrogen-bond acceptors (Lipinski definition) is 4. The Morgan fingerprint density at radius 2 is 2.03 bits per heavy atom. The van der Waals surface area contributed by atoms with Gasteiger partial charge in [-0.05, 0) is 55.7 Å². The third-order valence-electron chi connectivity index (χ3n) is 6.16. The van der Waals surface area contributed by atoms with E-state index in [4.69, 9.17) is 0 Å². The quantitative estimate of drug-likeness (QED) is 0.762. The molecule has 0 spiro atoms. The summed E-state index contributed by atoms with van der Waals surface area (Å²) in [6, 6.07) is 12.4. The molecular formula is C24H28N4O2. The fraction of sp³-hybridized carbons (Fsp3) is 0.333. The highest BCUT2D eigenvalue weighted by atomic mass is 16.2. The van der Waals surface area contributed by atoms with Crippen LogP contribution in [-0.4, -0.2) is 42.9 Å². The van der Waals surface area contributed by atoms with E-state index in [0.717, 1.165) is 47.6 Å². The first-order chi connectivity index (χ1) is 14.3. The first kappa shape index (κ1) is 20.0. The number of rotatable bonds is 4. The number of benzene rings is 2. The molecule has 156 valence electrons. The van der Waals surface area contributed by atoms with Gasteiger partial charge >= 0.3 is 0 Å². The molecule has 2 heterocycles. The summed E-state index contributed by atoms with van der Waals surface area (Å²) >= 11 is 0. The molecule has 2 aromatic carbocycles. The van der Waals surface area contributed by atoms with Crippen molar-refractivity contribution in [1.29, 1.82) is 0 Å². The van der Waals surface area contributed by atoms with Crippen molar-refractivity contribution in [3.8, 4) is 0 Å². The van der Waals surface area contributed by atoms with Crippen LogP contribution in [0.3, 0.4) is 0 Å². The van der Waals surface area contributed by atoms with E-state index in [1.165, 1.54) is 5.69 Å². The van der Waals surface area contributed by atoms with Crippen LogP contribution < -0.4 is 15.5 Å². The third kappa shape index (κ3) is 3.65. The molecule has 2 amide bonds. The topological polar surface area (TPSA) is 64.7 Å². The SMILES string of the molecule is CC(=O)N(C)C1CCN(c2ccc(NC=C3C(=O)Nc4cccc(C)c43)cc2C)C1. The van der Waals surface area contributed by atoms with Crippen LogP contribution in [0.25, 0.3) is 5.57 Å². The maximum Gasteiger partial charge on any atom is 0.257 e. The molecule has 2 aromatic rings. The highest BCUT2D eigenvalue weighted by molar-refractivity contribution is 6.32. The summed E-state index contributed by atoms with van der Waals surface area (Å²) in [5.41, 5.74) is 6.84. The van der Waals surface area contributed by atoms with Crippen molar-refractivity contribution in [2.75, 3.05) is 35.7 Å². The molecule has 1 atom stereocenters. The Morgan fingerprint density at radius 3 is 2.77 bits per heavy atom. The van der Waals surface area contributed by atoms with Gasteiger partial charge in [-0.25, -0.2) is 0 Å². The summed E-state index contributed by atoms with van der Waals surface area (Å²) in [6.07, 6.45) is 2.77. The first-order valence-corrected chi connectivity index (χ1v) is 10.3. The minimum absolute atomic E-state index is 0.0853. The highest BCUT2D eigenvalue weighted by Gasteiger charge is 2.28. The summed E-state index contributed by atoms with van der Waals surface area (Å²) in [5.74, 6) is 0.0248. The number of nitrogens with one attached hydrogen (secondary N) is 2. The second-order valence-electron chi connectivity index (χ2n) is 8.17. The molecule has 2 aliphatic rings. The zero-order valence-corrected chi connectivity index (χ0v) is 18.0. The Kier molecular flexibility index (Phi) is 5.24. The molecule has 4 rings (SSSR count). The van der Waals surface area contributed by atoms with Gasteiger partial charge in [0.05, 0.1) is 11.6 Å². The summed E-state index contributed by atoms with van der Waals surface area (Å²) in [4.78, 5) is 28.2. The lowest BCUT2D eigenvalue weighted by molar-refractivity contribution is -0.129. The molecule has 0 saturated carbocycles. The average Bonchev–Trinajstić information content (AvgIpc) is 3.31. The Bertz CT molecular complexity index is 1040. The highest BCUT2D eigenvalue weighted by Crippen LogP contribution is 2.34. The van der Waals surface area contributed by atoms with Crippen molar-refractivity contribution >= 4 is 34.4 Å². The molecular weight excluding hydrogens is 376 g/mol. The van der Waals surface area contributed by atoms with Gasteiger partial charge in [-0.3, -0.25) is 9.59 Å². The van der Waals surface area contributed by atoms with Crippen molar-refractivity contribution in [3.63, 3.8) is 0 Å². The Labute approximate surface area is 177 Å². The fourth-order valence-corrected chi connectivity index (χ4v) is 4.36. The Morgan fingerprint density at radius 1 is 1.23 bits per heavy atom. The number of carbonyl (C=O) groups is 2. The van der Waals surface area contributed by atoms with Crippen molar-refractivity contribution in [2.45, 2.75) is 33.2 Å². The molecule has 1 saturated heterocycles. The molecule has 0 aromatic heterocycles. The Hall–Kier alpha value is -3.28. The standard InChI is InChI=1S/C24H28N4O2/c1-15-6-5-7-21-23(15)20(24(30)26-21)13-25-18-8-9-22(16(2)12-18)28-11-10-19(14-28)27(4)17(3)29/h5-9,12-13,19,25H,10-11,14H2,1-4H3,(H,26,30). The Balaban J connectivity index is 1.50. The largest absolute Gasteiger partial charge is 0.369 e. The van der Waals surface area contributed by atoms with Gasteiger partial charge in [0.2, 0.25) is 5.91 Å². The number of aryl methyl sites for hydroxylation is 2. The lowest BCUT2D eigenvalue weighted by Crippen LogP contribution is -2.37. The number of likely N-dealkylation sites (N-methyl/N-ethyl adjacent to an activating group) is 1. The van der Waals surface area contributed by atoms with Gasteiger partial charge in [-0.1, -0.05) is 12.1 Å². The van der Waals surface area contributed by atoms with Gasteiger partial charge < -0.3 is 20.4 Å². The molecule has 0 aliphatic carbocycles. The summed E-state index contributed by atoms with van der Waals surface area (Å²) in [7, 11) is 1.88. The van der Waals surface area contributed by atoms with Crippen LogP contribution in [0.15, 0.2) is 42.6 Å². The monoisotopic (exact) mass is 404 g/mol. The normalized spacial score (nSPS) is 19.1. The van der Waals surface area contributed by atoms with Gasteiger partial charge in [0.1, 0.15) is 0 Å². The maximum absolute atomic E-state index is 12.4. The van der Waals surface area contributed by atoms with Crippen molar-refractivity contribution in [2.24, 2.45) is 0 Å². The summed E-state index contributed by atoms with van der Waals surface area (Å²) < 4.78 is 0. The molecule has 6 nitrogen and oxygen atoms in total. The van der Waals surface area contributed by atoms with Crippen LogP contribution in [0, 0.1) is 13.8 Å². The van der Waals surface area contributed by atoms with Crippen LogP contribution in [0.4, 0.5) is 17.1 Å². The summed E-state index contributed by atoms with van der Waals surface area (Å²) in [6.45, 7) is 7.52. The van der Waals surface area contributed by atoms with E-state index >= 15 is 0 Å². The van der Waals surface area contributed by atoms with E-state index in [2.05, 4.69) is 34.6 Å². The van der Waals surface area contributed by atoms with E-state index < -0.39 is 0 Å². The van der Waals surface area contributed by atoms with E-state index in [0.29, 0.717) is 5.57 Å². The van der Waals surface area contributed by atoms with E-state index in [1.807, 2.05) is 43.1 Å². The molecule has 1 unspecified atom stereocenters. The van der Waals surface area contributed by atoms with Crippen molar-refractivity contribution < 1.29 is 9.59 Å². The maximum atomic E-state index is 12.4. The minimum atomic E-state index is -0.0853. The molecule has 1 fully saturated rings. The number of amides is 2. The number of hydrogen-bond donors (Lipinski definition) is 2. The van der Waals surface area contributed by atoms with Crippen LogP contribution in [-0.2, 0) is 9.59 Å². The van der Waals surface area contributed by atoms with Crippen LogP contribution in [0.2, 0.25) is 0 Å². The zero-order valence-electron chi connectivity index (χ0n) is 18.0. The van der Waals surface area contributed by atoms with Crippen molar-refractivity contribution in [3.05, 3.63) is 59.3 Å². The van der Waals surface area contributed by atoms with Gasteiger partial charge in [-0.15, -0.1) is 0 Å². The lowest BCUT2D eigenvalue weighted by Gasteiger charge is -2.25. The second-order valence-corrected chi connectivity index (χ2v) is 8.17. The molecule has 2 aliphatic heterocycles. The number of nitrogens with zero attached hydrogens (tertiary/aromatic N) is 2. The van der Waals surface area contributed by atoms with Crippen molar-refractivity contribution in [1.82, 2.24) is 4.90 Å². The first-order valence-electron chi connectivity index (χ1n) is 10.3. The predicted octanol–water partition coefficient (Wildman–Crippen LogP) is 3.77. The lowest BCUT2D eigenvalue weighted by atomic mass is 10.0. The van der Waals surface area contributed by atoms with Crippen LogP contribution in [0.1, 0.15) is 30.0 Å².